The summed E-state index contributed by atoms with van der Waals surface area (Å²) in [4.78, 5) is 12.3. The number of carbonyl (C=O) groups excluding carboxylic acids is 1. The van der Waals surface area contributed by atoms with Gasteiger partial charge >= 0.3 is 5.97 Å². The van der Waals surface area contributed by atoms with Crippen molar-refractivity contribution in [3.63, 3.8) is 0 Å². The molecule has 3 nitrogen and oxygen atoms in total. The maximum absolute atomic E-state index is 12.3. The van der Waals surface area contributed by atoms with Gasteiger partial charge in [0.2, 0.25) is 0 Å². The fraction of sp³-hybridized carbons (Fsp3) is 0.588. The summed E-state index contributed by atoms with van der Waals surface area (Å²) >= 11 is 0. The second kappa shape index (κ2) is 7.44. The molecule has 1 aromatic carbocycles. The molecule has 0 aliphatic rings. The van der Waals surface area contributed by atoms with E-state index < -0.39 is 17.6 Å². The Hall–Kier alpha value is -1.35. The summed E-state index contributed by atoms with van der Waals surface area (Å²) in [6, 6.07) is 9.31. The summed E-state index contributed by atoms with van der Waals surface area (Å²) in [6.07, 6.45) is 1.72. The van der Waals surface area contributed by atoms with Crippen LogP contribution < -0.4 is 0 Å². The molecule has 112 valence electrons. The number of unbranched alkanes of at least 4 members (excludes halogenated alkanes) is 1. The van der Waals surface area contributed by atoms with Gasteiger partial charge in [-0.2, -0.15) is 0 Å². The minimum Gasteiger partial charge on any atom is -0.460 e. The number of hydrogen-bond donors (Lipinski definition) is 1. The first-order chi connectivity index (χ1) is 9.35. The van der Waals surface area contributed by atoms with E-state index in [0.717, 1.165) is 18.4 Å². The Morgan fingerprint density at radius 3 is 2.35 bits per heavy atom. The van der Waals surface area contributed by atoms with E-state index in [9.17, 15) is 9.90 Å². The first kappa shape index (κ1) is 16.7. The lowest BCUT2D eigenvalue weighted by atomic mass is 9.91. The Morgan fingerprint density at radius 1 is 1.25 bits per heavy atom. The molecule has 0 aliphatic carbocycles. The van der Waals surface area contributed by atoms with Crippen molar-refractivity contribution in [1.82, 2.24) is 0 Å². The van der Waals surface area contributed by atoms with Crippen LogP contribution in [0.3, 0.4) is 0 Å². The van der Waals surface area contributed by atoms with Gasteiger partial charge in [0, 0.05) is 0 Å². The minimum atomic E-state index is -0.808. The van der Waals surface area contributed by atoms with Crippen LogP contribution in [0, 0.1) is 5.92 Å². The predicted octanol–water partition coefficient (Wildman–Crippen LogP) is 3.87. The molecule has 1 rings (SSSR count). The first-order valence-electron chi connectivity index (χ1n) is 7.31. The van der Waals surface area contributed by atoms with E-state index in [-0.39, 0.29) is 5.97 Å². The molecule has 0 saturated carbocycles. The molecule has 0 aliphatic heterocycles. The number of aliphatic hydroxyl groups is 1. The van der Waals surface area contributed by atoms with Crippen molar-refractivity contribution in [3.05, 3.63) is 35.9 Å². The number of carbonyl (C=O) groups is 1. The third-order valence-electron chi connectivity index (χ3n) is 3.10. The number of esters is 1. The Kier molecular flexibility index (Phi) is 6.21. The third kappa shape index (κ3) is 5.33. The van der Waals surface area contributed by atoms with Crippen LogP contribution in [-0.4, -0.2) is 16.7 Å². The highest BCUT2D eigenvalue weighted by molar-refractivity contribution is 5.73. The maximum atomic E-state index is 12.3. The van der Waals surface area contributed by atoms with E-state index in [0.29, 0.717) is 6.42 Å². The molecule has 0 aromatic heterocycles. The molecule has 1 aromatic rings. The summed E-state index contributed by atoms with van der Waals surface area (Å²) in [5.41, 5.74) is 0.234. The number of benzene rings is 1. The van der Waals surface area contributed by atoms with Gasteiger partial charge in [0.25, 0.3) is 0 Å². The van der Waals surface area contributed by atoms with E-state index in [1.54, 1.807) is 0 Å². The molecular formula is C17H26O3. The second-order valence-corrected chi connectivity index (χ2v) is 6.14. The average molecular weight is 278 g/mol. The Labute approximate surface area is 122 Å². The standard InChI is InChI=1S/C17H26O3/c1-5-6-12-14(16(19)20-17(2,3)4)15(18)13-10-8-7-9-11-13/h7-11,14-15,18H,5-6,12H2,1-4H3/t14-,15+/m0/s1. The van der Waals surface area contributed by atoms with Crippen LogP contribution in [0.25, 0.3) is 0 Å². The zero-order chi connectivity index (χ0) is 15.2. The largest absolute Gasteiger partial charge is 0.460 e. The van der Waals surface area contributed by atoms with E-state index in [4.69, 9.17) is 4.74 Å². The maximum Gasteiger partial charge on any atom is 0.312 e. The summed E-state index contributed by atoms with van der Waals surface area (Å²) in [5.74, 6) is -0.820. The normalized spacial score (nSPS) is 14.7. The smallest absolute Gasteiger partial charge is 0.312 e. The molecule has 0 saturated heterocycles. The Bertz CT molecular complexity index is 406. The topological polar surface area (TPSA) is 46.5 Å². The summed E-state index contributed by atoms with van der Waals surface area (Å²) in [6.45, 7) is 7.60. The van der Waals surface area contributed by atoms with Crippen LogP contribution in [0.15, 0.2) is 30.3 Å². The Balaban J connectivity index is 2.85. The van der Waals surface area contributed by atoms with Crippen LogP contribution in [-0.2, 0) is 9.53 Å². The van der Waals surface area contributed by atoms with Gasteiger partial charge in [-0.1, -0.05) is 50.1 Å². The van der Waals surface area contributed by atoms with Crippen molar-refractivity contribution < 1.29 is 14.6 Å². The molecule has 20 heavy (non-hydrogen) atoms. The van der Waals surface area contributed by atoms with Crippen molar-refractivity contribution in [1.29, 1.82) is 0 Å². The average Bonchev–Trinajstić information content (AvgIpc) is 2.38. The van der Waals surface area contributed by atoms with Crippen LogP contribution in [0.1, 0.15) is 58.6 Å². The zero-order valence-electron chi connectivity index (χ0n) is 12.9. The van der Waals surface area contributed by atoms with E-state index in [2.05, 4.69) is 6.92 Å². The highest BCUT2D eigenvalue weighted by Crippen LogP contribution is 2.28. The van der Waals surface area contributed by atoms with Crippen LogP contribution in [0.2, 0.25) is 0 Å². The number of rotatable bonds is 6. The molecule has 3 heteroatoms. The van der Waals surface area contributed by atoms with Crippen LogP contribution >= 0.6 is 0 Å². The highest BCUT2D eigenvalue weighted by Gasteiger charge is 2.31. The molecule has 1 N–H and O–H groups in total. The molecule has 0 fully saturated rings. The van der Waals surface area contributed by atoms with Gasteiger partial charge in [-0.05, 0) is 32.8 Å². The van der Waals surface area contributed by atoms with Gasteiger partial charge in [0.15, 0.2) is 0 Å². The third-order valence-corrected chi connectivity index (χ3v) is 3.10. The highest BCUT2D eigenvalue weighted by atomic mass is 16.6. The van der Waals surface area contributed by atoms with E-state index in [1.807, 2.05) is 51.1 Å². The second-order valence-electron chi connectivity index (χ2n) is 6.14. The fourth-order valence-corrected chi connectivity index (χ4v) is 2.09. The molecule has 0 bridgehead atoms. The lowest BCUT2D eigenvalue weighted by Gasteiger charge is -2.27. The first-order valence-corrected chi connectivity index (χ1v) is 7.31. The minimum absolute atomic E-state index is 0.317. The van der Waals surface area contributed by atoms with E-state index >= 15 is 0 Å². The van der Waals surface area contributed by atoms with Crippen LogP contribution in [0.5, 0.6) is 0 Å². The predicted molar refractivity (Wildman–Crippen MR) is 80.3 cm³/mol. The SMILES string of the molecule is CCCC[C@H](C(=O)OC(C)(C)C)[C@H](O)c1ccccc1. The molecule has 0 heterocycles. The van der Waals surface area contributed by atoms with Gasteiger partial charge in [0.05, 0.1) is 12.0 Å². The summed E-state index contributed by atoms with van der Waals surface area (Å²) < 4.78 is 5.44. The van der Waals surface area contributed by atoms with Crippen molar-refractivity contribution in [2.24, 2.45) is 5.92 Å². The molecular weight excluding hydrogens is 252 g/mol. The van der Waals surface area contributed by atoms with Gasteiger partial charge in [-0.25, -0.2) is 0 Å². The summed E-state index contributed by atoms with van der Waals surface area (Å²) in [5, 5.41) is 10.5. The lowest BCUT2D eigenvalue weighted by Crippen LogP contribution is -2.31. The van der Waals surface area contributed by atoms with E-state index in [1.165, 1.54) is 0 Å². The van der Waals surface area contributed by atoms with Crippen molar-refractivity contribution >= 4 is 5.97 Å². The van der Waals surface area contributed by atoms with Crippen LogP contribution in [0.4, 0.5) is 0 Å². The fourth-order valence-electron chi connectivity index (χ4n) is 2.09. The van der Waals surface area contributed by atoms with Crippen molar-refractivity contribution in [2.75, 3.05) is 0 Å². The van der Waals surface area contributed by atoms with Gasteiger partial charge in [-0.3, -0.25) is 4.79 Å². The Morgan fingerprint density at radius 2 is 1.85 bits per heavy atom. The molecule has 0 spiro atoms. The van der Waals surface area contributed by atoms with Crippen molar-refractivity contribution in [2.45, 2.75) is 58.7 Å². The van der Waals surface area contributed by atoms with Gasteiger partial charge in [-0.15, -0.1) is 0 Å². The quantitative estimate of drug-likeness (QED) is 0.803. The molecule has 2 atom stereocenters. The van der Waals surface area contributed by atoms with Gasteiger partial charge < -0.3 is 9.84 Å². The lowest BCUT2D eigenvalue weighted by molar-refractivity contribution is -0.164. The number of aliphatic hydroxyl groups excluding tert-OH is 1. The number of ether oxygens (including phenoxy) is 1. The monoisotopic (exact) mass is 278 g/mol. The number of hydrogen-bond acceptors (Lipinski definition) is 3. The summed E-state index contributed by atoms with van der Waals surface area (Å²) in [7, 11) is 0. The molecule has 0 radical (unpaired) electrons. The van der Waals surface area contributed by atoms with Gasteiger partial charge in [0.1, 0.15) is 5.60 Å². The van der Waals surface area contributed by atoms with Crippen molar-refractivity contribution in [3.8, 4) is 0 Å². The zero-order valence-corrected chi connectivity index (χ0v) is 12.9. The molecule has 0 amide bonds. The molecule has 0 unspecified atom stereocenters.